The second-order valence-electron chi connectivity index (χ2n) is 12.6. The number of nitrogens with zero attached hydrogens (tertiary/aromatic N) is 2. The first-order valence-corrected chi connectivity index (χ1v) is 17.5. The Hall–Kier alpha value is -4.16. The molecule has 3 aromatic rings. The summed E-state index contributed by atoms with van der Waals surface area (Å²) in [6.45, 7) is 4.65. The van der Waals surface area contributed by atoms with Gasteiger partial charge in [0.1, 0.15) is 11.5 Å². The molecule has 3 N–H and O–H groups in total. The number of carbonyl (C=O) groups is 2. The maximum Gasteiger partial charge on any atom is 0.354 e. The highest BCUT2D eigenvalue weighted by molar-refractivity contribution is 7.91. The van der Waals surface area contributed by atoms with Gasteiger partial charge in [0.25, 0.3) is 0 Å². The van der Waals surface area contributed by atoms with Crippen LogP contribution >= 0.6 is 0 Å². The maximum atomic E-state index is 13.7. The number of aromatic carboxylic acids is 2. The standard InChI is InChI=1S/C35H44N2O9S/c1-5-6-16-35(2)22-47(43,44)30-15-12-24(37(3)4)19-27(30)31(32(35)38)23-10-13-25(14-11-23)45-17-8-7-9-18-46-26-20-28(33(39)40)36-29(21-26)34(41)42/h10-15,19-21,31-32,38H,5-9,16-18,22H2,1-4H3,(H,39,40)(H,41,42)/t31-,32-,35?/m1/s1. The Bertz CT molecular complexity index is 1640. The van der Waals surface area contributed by atoms with E-state index in [-0.39, 0.29) is 23.0 Å². The van der Waals surface area contributed by atoms with E-state index in [1.807, 2.05) is 56.3 Å². The highest BCUT2D eigenvalue weighted by Crippen LogP contribution is 2.47. The zero-order valence-electron chi connectivity index (χ0n) is 27.3. The van der Waals surface area contributed by atoms with Gasteiger partial charge in [-0.05, 0) is 67.1 Å². The average Bonchev–Trinajstić information content (AvgIpc) is 3.09. The van der Waals surface area contributed by atoms with E-state index in [0.29, 0.717) is 30.8 Å². The van der Waals surface area contributed by atoms with Gasteiger partial charge < -0.3 is 29.7 Å². The summed E-state index contributed by atoms with van der Waals surface area (Å²) in [6, 6.07) is 15.2. The van der Waals surface area contributed by atoms with Gasteiger partial charge in [-0.2, -0.15) is 0 Å². The molecule has 0 saturated carbocycles. The number of rotatable bonds is 15. The van der Waals surface area contributed by atoms with Crippen molar-refractivity contribution in [1.82, 2.24) is 4.98 Å². The molecule has 4 rings (SSSR count). The molecule has 0 radical (unpaired) electrons. The number of aliphatic hydroxyl groups is 1. The molecule has 0 spiro atoms. The third kappa shape index (κ3) is 8.61. The fourth-order valence-corrected chi connectivity index (χ4v) is 8.17. The molecule has 0 bridgehead atoms. The fourth-order valence-electron chi connectivity index (χ4n) is 6.01. The molecule has 1 aromatic heterocycles. The van der Waals surface area contributed by atoms with Crippen LogP contribution in [0.3, 0.4) is 0 Å². The van der Waals surface area contributed by atoms with E-state index in [4.69, 9.17) is 19.7 Å². The first-order chi connectivity index (χ1) is 22.3. The molecule has 1 aliphatic heterocycles. The van der Waals surface area contributed by atoms with E-state index in [2.05, 4.69) is 11.9 Å². The summed E-state index contributed by atoms with van der Waals surface area (Å²) in [5.74, 6) is -2.56. The van der Waals surface area contributed by atoms with Crippen molar-refractivity contribution in [2.45, 2.75) is 69.3 Å². The second-order valence-corrected chi connectivity index (χ2v) is 14.5. The molecule has 2 aromatic carbocycles. The lowest BCUT2D eigenvalue weighted by molar-refractivity contribution is 0.0328. The van der Waals surface area contributed by atoms with E-state index < -0.39 is 50.6 Å². The lowest BCUT2D eigenvalue weighted by Gasteiger charge is -2.37. The number of pyridine rings is 1. The lowest BCUT2D eigenvalue weighted by atomic mass is 9.71. The van der Waals surface area contributed by atoms with Gasteiger partial charge in [-0.3, -0.25) is 0 Å². The maximum absolute atomic E-state index is 13.7. The van der Waals surface area contributed by atoms with Gasteiger partial charge in [-0.1, -0.05) is 38.8 Å². The van der Waals surface area contributed by atoms with Crippen LogP contribution in [0.5, 0.6) is 11.5 Å². The Labute approximate surface area is 276 Å². The molecule has 11 nitrogen and oxygen atoms in total. The molecule has 0 aliphatic carbocycles. The van der Waals surface area contributed by atoms with Crippen molar-refractivity contribution in [2.75, 3.05) is 38.0 Å². The van der Waals surface area contributed by atoms with E-state index >= 15 is 0 Å². The number of unbranched alkanes of at least 4 members (excludes halogenated alkanes) is 3. The van der Waals surface area contributed by atoms with Crippen molar-refractivity contribution in [3.05, 3.63) is 77.1 Å². The number of carboxylic acids is 2. The molecular weight excluding hydrogens is 624 g/mol. The summed E-state index contributed by atoms with van der Waals surface area (Å²) in [5.41, 5.74) is 0.646. The minimum Gasteiger partial charge on any atom is -0.494 e. The lowest BCUT2D eigenvalue weighted by Crippen LogP contribution is -2.40. The van der Waals surface area contributed by atoms with E-state index in [0.717, 1.165) is 36.9 Å². The van der Waals surface area contributed by atoms with Crippen molar-refractivity contribution < 1.29 is 42.8 Å². The molecule has 12 heteroatoms. The Kier molecular flexibility index (Phi) is 11.5. The molecule has 0 fully saturated rings. The molecule has 1 unspecified atom stereocenters. The minimum atomic E-state index is -3.65. The molecule has 1 aliphatic rings. The summed E-state index contributed by atoms with van der Waals surface area (Å²) in [7, 11) is 0.149. The third-order valence-electron chi connectivity index (χ3n) is 8.63. The highest BCUT2D eigenvalue weighted by Gasteiger charge is 2.47. The van der Waals surface area contributed by atoms with Crippen molar-refractivity contribution in [3.63, 3.8) is 0 Å². The summed E-state index contributed by atoms with van der Waals surface area (Å²) in [6.07, 6.45) is 3.50. The second kappa shape index (κ2) is 15.2. The number of sulfone groups is 1. The van der Waals surface area contributed by atoms with Crippen molar-refractivity contribution >= 4 is 27.5 Å². The summed E-state index contributed by atoms with van der Waals surface area (Å²) < 4.78 is 38.9. The van der Waals surface area contributed by atoms with Gasteiger partial charge in [0.05, 0.1) is 30.0 Å². The number of fused-ring (bicyclic) bond motifs is 1. The van der Waals surface area contributed by atoms with Gasteiger partial charge in [0.2, 0.25) is 0 Å². The molecule has 254 valence electrons. The van der Waals surface area contributed by atoms with Crippen LogP contribution in [0.15, 0.2) is 59.5 Å². The average molecular weight is 669 g/mol. The number of carboxylic acid groups (broad SMARTS) is 2. The Morgan fingerprint density at radius 2 is 1.49 bits per heavy atom. The number of hydrogen-bond acceptors (Lipinski definition) is 9. The predicted octanol–water partition coefficient (Wildman–Crippen LogP) is 5.65. The molecule has 0 amide bonds. The van der Waals surface area contributed by atoms with Crippen molar-refractivity contribution in [1.29, 1.82) is 0 Å². The zero-order chi connectivity index (χ0) is 34.4. The number of ether oxygens (including phenoxy) is 2. The Morgan fingerprint density at radius 1 is 0.894 bits per heavy atom. The van der Waals surface area contributed by atoms with Crippen molar-refractivity contribution in [2.24, 2.45) is 5.41 Å². The predicted molar refractivity (Wildman–Crippen MR) is 178 cm³/mol. The number of hydrogen-bond donors (Lipinski definition) is 3. The third-order valence-corrected chi connectivity index (χ3v) is 10.7. The SMILES string of the molecule is CCCCC1(C)CS(=O)(=O)c2ccc(N(C)C)cc2[C@@H](c2ccc(OCCCCCOc3cc(C(=O)O)nc(C(=O)O)c3)cc2)[C@H]1O. The normalized spacial score (nSPS) is 20.1. The van der Waals surface area contributed by atoms with Crippen molar-refractivity contribution in [3.8, 4) is 11.5 Å². The number of aromatic nitrogens is 1. The van der Waals surface area contributed by atoms with Crippen LogP contribution in [0.2, 0.25) is 0 Å². The van der Waals surface area contributed by atoms with Crippen LogP contribution in [0, 0.1) is 5.41 Å². The zero-order valence-corrected chi connectivity index (χ0v) is 28.1. The molecular formula is C35H44N2O9S. The topological polar surface area (TPSA) is 164 Å². The van der Waals surface area contributed by atoms with Crippen LogP contribution in [0.1, 0.15) is 90.4 Å². The van der Waals surface area contributed by atoms with Gasteiger partial charge in [0, 0.05) is 43.2 Å². The van der Waals surface area contributed by atoms with Crippen LogP contribution < -0.4 is 14.4 Å². The smallest absolute Gasteiger partial charge is 0.354 e. The van der Waals surface area contributed by atoms with Crippen LogP contribution in [0.25, 0.3) is 0 Å². The van der Waals surface area contributed by atoms with E-state index in [9.17, 15) is 23.1 Å². The van der Waals surface area contributed by atoms with Gasteiger partial charge >= 0.3 is 11.9 Å². The quantitative estimate of drug-likeness (QED) is 0.172. The first kappa shape index (κ1) is 35.7. The Morgan fingerprint density at radius 3 is 2.04 bits per heavy atom. The largest absolute Gasteiger partial charge is 0.494 e. The highest BCUT2D eigenvalue weighted by atomic mass is 32.2. The Balaban J connectivity index is 1.41. The molecule has 2 heterocycles. The summed E-state index contributed by atoms with van der Waals surface area (Å²) in [5, 5.41) is 30.3. The minimum absolute atomic E-state index is 0.118. The fraction of sp³-hybridized carbons (Fsp3) is 0.457. The number of anilines is 1. The first-order valence-electron chi connectivity index (χ1n) is 15.8. The monoisotopic (exact) mass is 668 g/mol. The molecule has 3 atom stereocenters. The van der Waals surface area contributed by atoms with Crippen LogP contribution in [-0.2, 0) is 9.84 Å². The van der Waals surface area contributed by atoms with Gasteiger partial charge in [-0.15, -0.1) is 0 Å². The van der Waals surface area contributed by atoms with E-state index in [1.54, 1.807) is 12.1 Å². The van der Waals surface area contributed by atoms with Crippen LogP contribution in [0.4, 0.5) is 5.69 Å². The summed E-state index contributed by atoms with van der Waals surface area (Å²) >= 11 is 0. The van der Waals surface area contributed by atoms with Gasteiger partial charge in [0.15, 0.2) is 21.2 Å². The van der Waals surface area contributed by atoms with Gasteiger partial charge in [-0.25, -0.2) is 23.0 Å². The van der Waals surface area contributed by atoms with Crippen LogP contribution in [-0.4, -0.2) is 79.8 Å². The number of benzene rings is 2. The molecule has 0 saturated heterocycles. The number of aliphatic hydroxyl groups excluding tert-OH is 1. The molecule has 47 heavy (non-hydrogen) atoms. The summed E-state index contributed by atoms with van der Waals surface area (Å²) in [4.78, 5) is 28.2. The van der Waals surface area contributed by atoms with E-state index in [1.165, 1.54) is 12.1 Å².